The summed E-state index contributed by atoms with van der Waals surface area (Å²) in [6, 6.07) is 13.2. The Morgan fingerprint density at radius 1 is 1.03 bits per heavy atom. The molecule has 0 radical (unpaired) electrons. The molecule has 0 spiro atoms. The molecule has 1 fully saturated rings. The van der Waals surface area contributed by atoms with E-state index in [-0.39, 0.29) is 5.41 Å². The number of benzene rings is 2. The van der Waals surface area contributed by atoms with E-state index < -0.39 is 0 Å². The molecule has 168 valence electrons. The molecule has 2 aromatic rings. The SMILES string of the molecule is C=C(CC)c1ccc(C(=C)C2(C)CC(CCCCCl)\C2=C/C=C\C=C\C)c2ccccc12. The zero-order valence-corrected chi connectivity index (χ0v) is 20.7. The lowest BCUT2D eigenvalue weighted by molar-refractivity contribution is 0.243. The van der Waals surface area contributed by atoms with Gasteiger partial charge in [0, 0.05) is 11.3 Å². The van der Waals surface area contributed by atoms with Crippen LogP contribution in [0, 0.1) is 11.3 Å². The lowest BCUT2D eigenvalue weighted by atomic mass is 9.53. The van der Waals surface area contributed by atoms with Crippen LogP contribution in [0.3, 0.4) is 0 Å². The normalized spacial score (nSPS) is 22.1. The number of alkyl halides is 1. The van der Waals surface area contributed by atoms with E-state index in [0.717, 1.165) is 25.1 Å². The van der Waals surface area contributed by atoms with Crippen molar-refractivity contribution in [2.75, 3.05) is 5.88 Å². The molecule has 1 heteroatoms. The number of halogens is 1. The van der Waals surface area contributed by atoms with Crippen LogP contribution < -0.4 is 0 Å². The number of rotatable bonds is 10. The van der Waals surface area contributed by atoms with Gasteiger partial charge in [-0.05, 0) is 71.6 Å². The van der Waals surface area contributed by atoms with E-state index in [2.05, 4.69) is 93.8 Å². The Morgan fingerprint density at radius 2 is 1.72 bits per heavy atom. The Hall–Kier alpha value is -2.31. The minimum atomic E-state index is -0.0159. The maximum Gasteiger partial charge on any atom is 0.0223 e. The van der Waals surface area contributed by atoms with Gasteiger partial charge in [-0.25, -0.2) is 0 Å². The molecule has 2 aromatic carbocycles. The topological polar surface area (TPSA) is 0 Å². The standard InChI is InChI=1S/C31H37Cl/c1-6-8-9-10-18-30-25(15-13-14-21-32)22-31(30,5)24(4)27-20-19-26(23(3)7-2)28-16-11-12-17-29(27)28/h6,8-12,16-20,25H,3-4,7,13-15,21-22H2,1-2,5H3/b8-6+,10-9-,30-18+. The van der Waals surface area contributed by atoms with E-state index in [1.54, 1.807) is 0 Å². The number of hydrogen-bond donors (Lipinski definition) is 0. The third-order valence-electron chi connectivity index (χ3n) is 7.08. The second-order valence-electron chi connectivity index (χ2n) is 9.09. The largest absolute Gasteiger partial charge is 0.127 e. The van der Waals surface area contributed by atoms with Crippen molar-refractivity contribution in [3.63, 3.8) is 0 Å². The number of fused-ring (bicyclic) bond motifs is 1. The van der Waals surface area contributed by atoms with Crippen LogP contribution in [0.25, 0.3) is 21.9 Å². The van der Waals surface area contributed by atoms with Crippen LogP contribution in [-0.2, 0) is 0 Å². The van der Waals surface area contributed by atoms with Crippen molar-refractivity contribution >= 4 is 33.5 Å². The van der Waals surface area contributed by atoms with Gasteiger partial charge in [-0.1, -0.05) is 106 Å². The van der Waals surface area contributed by atoms with Gasteiger partial charge in [-0.3, -0.25) is 0 Å². The van der Waals surface area contributed by atoms with E-state index in [9.17, 15) is 0 Å². The summed E-state index contributed by atoms with van der Waals surface area (Å²) >= 11 is 5.93. The molecule has 0 saturated heterocycles. The van der Waals surface area contributed by atoms with Crippen molar-refractivity contribution in [1.29, 1.82) is 0 Å². The number of hydrogen-bond acceptors (Lipinski definition) is 0. The fourth-order valence-electron chi connectivity index (χ4n) is 5.09. The maximum atomic E-state index is 5.93. The first-order valence-electron chi connectivity index (χ1n) is 11.9. The average Bonchev–Trinajstić information content (AvgIpc) is 2.81. The summed E-state index contributed by atoms with van der Waals surface area (Å²) in [5.74, 6) is 1.36. The first-order chi connectivity index (χ1) is 15.5. The lowest BCUT2D eigenvalue weighted by Crippen LogP contribution is -2.39. The molecule has 1 aliphatic carbocycles. The minimum Gasteiger partial charge on any atom is -0.127 e. The summed E-state index contributed by atoms with van der Waals surface area (Å²) < 4.78 is 0. The van der Waals surface area contributed by atoms with Crippen molar-refractivity contribution < 1.29 is 0 Å². The smallest absolute Gasteiger partial charge is 0.0223 e. The Kier molecular flexibility index (Phi) is 8.38. The first kappa shape index (κ1) is 24.3. The van der Waals surface area contributed by atoms with Crippen LogP contribution in [0.4, 0.5) is 0 Å². The van der Waals surface area contributed by atoms with Crippen molar-refractivity contribution in [1.82, 2.24) is 0 Å². The van der Waals surface area contributed by atoms with Crippen LogP contribution in [0.2, 0.25) is 0 Å². The van der Waals surface area contributed by atoms with Crippen LogP contribution in [-0.4, -0.2) is 5.88 Å². The molecular formula is C31H37Cl. The van der Waals surface area contributed by atoms with Gasteiger partial charge in [0.25, 0.3) is 0 Å². The number of unbranched alkanes of at least 4 members (excludes halogenated alkanes) is 1. The van der Waals surface area contributed by atoms with E-state index >= 15 is 0 Å². The summed E-state index contributed by atoms with van der Waals surface area (Å²) in [6.45, 7) is 15.5. The monoisotopic (exact) mass is 444 g/mol. The molecule has 2 unspecified atom stereocenters. The van der Waals surface area contributed by atoms with E-state index in [1.165, 1.54) is 51.5 Å². The summed E-state index contributed by atoms with van der Waals surface area (Å²) in [7, 11) is 0. The molecule has 0 heterocycles. The quantitative estimate of drug-likeness (QED) is 0.194. The molecule has 32 heavy (non-hydrogen) atoms. The predicted octanol–water partition coefficient (Wildman–Crippen LogP) is 9.77. The van der Waals surface area contributed by atoms with Gasteiger partial charge < -0.3 is 0 Å². The average molecular weight is 445 g/mol. The van der Waals surface area contributed by atoms with Gasteiger partial charge in [-0.2, -0.15) is 0 Å². The van der Waals surface area contributed by atoms with Crippen LogP contribution in [0.1, 0.15) is 64.0 Å². The molecule has 1 saturated carbocycles. The zero-order chi connectivity index (χ0) is 23.1. The Labute approximate surface area is 200 Å². The van der Waals surface area contributed by atoms with Gasteiger partial charge in [0.1, 0.15) is 0 Å². The minimum absolute atomic E-state index is 0.0159. The van der Waals surface area contributed by atoms with Crippen LogP contribution in [0.5, 0.6) is 0 Å². The third-order valence-corrected chi connectivity index (χ3v) is 7.35. The Bertz CT molecular complexity index is 1070. The summed E-state index contributed by atoms with van der Waals surface area (Å²) in [5, 5.41) is 2.55. The molecule has 3 rings (SSSR count). The zero-order valence-electron chi connectivity index (χ0n) is 20.0. The van der Waals surface area contributed by atoms with Gasteiger partial charge in [0.2, 0.25) is 0 Å². The lowest BCUT2D eigenvalue weighted by Gasteiger charge is -2.50. The van der Waals surface area contributed by atoms with Crippen molar-refractivity contribution in [3.8, 4) is 0 Å². The van der Waals surface area contributed by atoms with Gasteiger partial charge in [0.05, 0.1) is 0 Å². The first-order valence-corrected chi connectivity index (χ1v) is 12.5. The third kappa shape index (κ3) is 4.86. The highest BCUT2D eigenvalue weighted by atomic mass is 35.5. The summed E-state index contributed by atoms with van der Waals surface area (Å²) in [4.78, 5) is 0. The molecular weight excluding hydrogens is 408 g/mol. The second kappa shape index (κ2) is 11.0. The van der Waals surface area contributed by atoms with Crippen molar-refractivity contribution in [2.45, 2.75) is 52.9 Å². The molecule has 1 aliphatic rings. The fraction of sp³-hybridized carbons (Fsp3) is 0.355. The summed E-state index contributed by atoms with van der Waals surface area (Å²) in [6.07, 6.45) is 16.3. The Morgan fingerprint density at radius 3 is 2.38 bits per heavy atom. The van der Waals surface area contributed by atoms with Crippen molar-refractivity contribution in [2.24, 2.45) is 11.3 Å². The number of allylic oxidation sites excluding steroid dienone is 8. The highest BCUT2D eigenvalue weighted by molar-refractivity contribution is 6.17. The molecule has 2 atom stereocenters. The second-order valence-corrected chi connectivity index (χ2v) is 9.47. The predicted molar refractivity (Wildman–Crippen MR) is 145 cm³/mol. The van der Waals surface area contributed by atoms with Gasteiger partial charge >= 0.3 is 0 Å². The van der Waals surface area contributed by atoms with Crippen molar-refractivity contribution in [3.05, 3.63) is 96.6 Å². The van der Waals surface area contributed by atoms with E-state index in [1.807, 2.05) is 6.92 Å². The highest BCUT2D eigenvalue weighted by Crippen LogP contribution is 2.59. The van der Waals surface area contributed by atoms with E-state index in [4.69, 9.17) is 11.6 Å². The van der Waals surface area contributed by atoms with Crippen LogP contribution in [0.15, 0.2) is 85.5 Å². The molecule has 0 nitrogen and oxygen atoms in total. The van der Waals surface area contributed by atoms with Gasteiger partial charge in [0.15, 0.2) is 0 Å². The molecule has 0 N–H and O–H groups in total. The Balaban J connectivity index is 1.99. The maximum absolute atomic E-state index is 5.93. The molecule has 0 aliphatic heterocycles. The molecule has 0 aromatic heterocycles. The van der Waals surface area contributed by atoms with E-state index in [0.29, 0.717) is 5.92 Å². The molecule has 0 amide bonds. The highest BCUT2D eigenvalue weighted by Gasteiger charge is 2.47. The van der Waals surface area contributed by atoms with Crippen LogP contribution >= 0.6 is 11.6 Å². The summed E-state index contributed by atoms with van der Waals surface area (Å²) in [5.41, 5.74) is 6.41. The fourth-order valence-corrected chi connectivity index (χ4v) is 5.28. The van der Waals surface area contributed by atoms with Gasteiger partial charge in [-0.15, -0.1) is 11.6 Å². The molecule has 0 bridgehead atoms.